The van der Waals surface area contributed by atoms with E-state index in [4.69, 9.17) is 0 Å². The SMILES string of the molecule is Cc1ccc(S(=O)(=O)N(CC(=O)Nc2nnc(SCc3ccccc3)s2)c2cccc(C)c2)cc1. The molecule has 0 aliphatic heterocycles. The number of nitrogens with one attached hydrogen (secondary N) is 1. The van der Waals surface area contributed by atoms with Crippen LogP contribution in [0.5, 0.6) is 0 Å². The van der Waals surface area contributed by atoms with Gasteiger partial charge in [-0.2, -0.15) is 0 Å². The van der Waals surface area contributed by atoms with Crippen LogP contribution in [0.15, 0.2) is 88.1 Å². The number of sulfonamides is 1. The van der Waals surface area contributed by atoms with Gasteiger partial charge in [-0.3, -0.25) is 14.4 Å². The van der Waals surface area contributed by atoms with E-state index in [0.29, 0.717) is 15.2 Å². The maximum Gasteiger partial charge on any atom is 0.264 e. The zero-order valence-electron chi connectivity index (χ0n) is 19.2. The van der Waals surface area contributed by atoms with E-state index in [1.165, 1.54) is 23.1 Å². The molecule has 0 atom stereocenters. The van der Waals surface area contributed by atoms with Crippen molar-refractivity contribution < 1.29 is 13.2 Å². The van der Waals surface area contributed by atoms with Gasteiger partial charge in [-0.25, -0.2) is 8.42 Å². The third kappa shape index (κ3) is 6.47. The molecule has 1 aromatic heterocycles. The molecule has 0 radical (unpaired) electrons. The molecule has 0 saturated carbocycles. The summed E-state index contributed by atoms with van der Waals surface area (Å²) in [7, 11) is -3.97. The number of carbonyl (C=O) groups is 1. The van der Waals surface area contributed by atoms with Crippen LogP contribution in [0, 0.1) is 13.8 Å². The molecule has 1 heterocycles. The van der Waals surface area contributed by atoms with Crippen LogP contribution in [-0.2, 0) is 20.6 Å². The van der Waals surface area contributed by atoms with E-state index in [2.05, 4.69) is 15.5 Å². The average Bonchev–Trinajstić information content (AvgIpc) is 3.29. The highest BCUT2D eigenvalue weighted by Crippen LogP contribution is 2.29. The van der Waals surface area contributed by atoms with Crippen LogP contribution in [0.25, 0.3) is 0 Å². The highest BCUT2D eigenvalue weighted by molar-refractivity contribution is 8.00. The molecule has 0 spiro atoms. The Labute approximate surface area is 213 Å². The number of carbonyl (C=O) groups excluding carboxylic acids is 1. The van der Waals surface area contributed by atoms with Crippen LogP contribution in [-0.4, -0.2) is 31.1 Å². The summed E-state index contributed by atoms with van der Waals surface area (Å²) >= 11 is 2.78. The molecule has 0 fully saturated rings. The van der Waals surface area contributed by atoms with Gasteiger partial charge in [0, 0.05) is 5.75 Å². The second kappa shape index (κ2) is 11.0. The van der Waals surface area contributed by atoms with Gasteiger partial charge in [0.2, 0.25) is 11.0 Å². The molecule has 0 unspecified atom stereocenters. The Bertz CT molecular complexity index is 1410. The minimum atomic E-state index is -3.97. The summed E-state index contributed by atoms with van der Waals surface area (Å²) in [5, 5.41) is 11.2. The summed E-state index contributed by atoms with van der Waals surface area (Å²) in [4.78, 5) is 13.0. The summed E-state index contributed by atoms with van der Waals surface area (Å²) in [6.07, 6.45) is 0. The van der Waals surface area contributed by atoms with Gasteiger partial charge in [-0.1, -0.05) is 83.3 Å². The van der Waals surface area contributed by atoms with Crippen LogP contribution in [0.4, 0.5) is 10.8 Å². The van der Waals surface area contributed by atoms with Gasteiger partial charge in [-0.05, 0) is 49.2 Å². The van der Waals surface area contributed by atoms with Gasteiger partial charge in [0.15, 0.2) is 4.34 Å². The van der Waals surface area contributed by atoms with Gasteiger partial charge in [0.05, 0.1) is 10.6 Å². The number of aromatic nitrogens is 2. The van der Waals surface area contributed by atoms with E-state index < -0.39 is 22.5 Å². The van der Waals surface area contributed by atoms with Crippen LogP contribution >= 0.6 is 23.1 Å². The van der Waals surface area contributed by atoms with E-state index in [9.17, 15) is 13.2 Å². The lowest BCUT2D eigenvalue weighted by Gasteiger charge is -2.24. The lowest BCUT2D eigenvalue weighted by molar-refractivity contribution is -0.114. The first-order valence-corrected chi connectivity index (χ1v) is 14.0. The van der Waals surface area contributed by atoms with Crippen LogP contribution in [0.1, 0.15) is 16.7 Å². The van der Waals surface area contributed by atoms with Crippen molar-refractivity contribution in [2.24, 2.45) is 0 Å². The standard InChI is InChI=1S/C25H24N4O3S3/c1-18-11-13-22(14-12-18)35(31,32)29(21-10-6-7-19(2)15-21)16-23(30)26-24-27-28-25(34-24)33-17-20-8-4-3-5-9-20/h3-15H,16-17H2,1-2H3,(H,26,27,30). The van der Waals surface area contributed by atoms with Crippen LogP contribution < -0.4 is 9.62 Å². The summed E-state index contributed by atoms with van der Waals surface area (Å²) in [6.45, 7) is 3.36. The molecule has 0 bridgehead atoms. The molecule has 0 saturated heterocycles. The number of anilines is 2. The minimum absolute atomic E-state index is 0.118. The Morgan fingerprint density at radius 2 is 1.69 bits per heavy atom. The highest BCUT2D eigenvalue weighted by atomic mass is 32.2. The first-order valence-electron chi connectivity index (χ1n) is 10.8. The lowest BCUT2D eigenvalue weighted by Crippen LogP contribution is -2.38. The minimum Gasteiger partial charge on any atom is -0.299 e. The molecule has 35 heavy (non-hydrogen) atoms. The Morgan fingerprint density at radius 3 is 2.40 bits per heavy atom. The monoisotopic (exact) mass is 524 g/mol. The lowest BCUT2D eigenvalue weighted by atomic mass is 10.2. The number of hydrogen-bond acceptors (Lipinski definition) is 7. The zero-order chi connectivity index (χ0) is 24.8. The van der Waals surface area contributed by atoms with E-state index >= 15 is 0 Å². The number of benzene rings is 3. The fraction of sp³-hybridized carbons (Fsp3) is 0.160. The van der Waals surface area contributed by atoms with Crippen molar-refractivity contribution in [3.8, 4) is 0 Å². The number of rotatable bonds is 9. The molecule has 7 nitrogen and oxygen atoms in total. The molecule has 4 aromatic rings. The quantitative estimate of drug-likeness (QED) is 0.237. The number of amides is 1. The van der Waals surface area contributed by atoms with Gasteiger partial charge in [0.25, 0.3) is 10.0 Å². The normalized spacial score (nSPS) is 11.3. The predicted molar refractivity (Wildman–Crippen MR) is 141 cm³/mol. The van der Waals surface area contributed by atoms with Crippen molar-refractivity contribution in [2.75, 3.05) is 16.2 Å². The molecule has 3 aromatic carbocycles. The summed E-state index contributed by atoms with van der Waals surface area (Å²) < 4.78 is 28.8. The van der Waals surface area contributed by atoms with Gasteiger partial charge < -0.3 is 0 Å². The third-order valence-corrected chi connectivity index (χ3v) is 8.88. The fourth-order valence-corrected chi connectivity index (χ4v) is 6.40. The first-order chi connectivity index (χ1) is 16.8. The van der Waals surface area contributed by atoms with Gasteiger partial charge >= 0.3 is 0 Å². The summed E-state index contributed by atoms with van der Waals surface area (Å²) in [6, 6.07) is 23.6. The van der Waals surface area contributed by atoms with Crippen molar-refractivity contribution in [2.45, 2.75) is 28.8 Å². The van der Waals surface area contributed by atoms with Gasteiger partial charge in [0.1, 0.15) is 6.54 Å². The molecule has 1 N–H and O–H groups in total. The molecule has 4 rings (SSSR count). The molecule has 0 aliphatic rings. The van der Waals surface area contributed by atoms with E-state index in [1.54, 1.807) is 42.5 Å². The predicted octanol–water partition coefficient (Wildman–Crippen LogP) is 5.28. The van der Waals surface area contributed by atoms with Crippen LogP contribution in [0.2, 0.25) is 0 Å². The summed E-state index contributed by atoms with van der Waals surface area (Å²) in [5.41, 5.74) is 3.41. The van der Waals surface area contributed by atoms with Crippen molar-refractivity contribution in [3.63, 3.8) is 0 Å². The maximum atomic E-state index is 13.5. The van der Waals surface area contributed by atoms with Crippen molar-refractivity contribution in [1.82, 2.24) is 10.2 Å². The Kier molecular flexibility index (Phi) is 7.84. The summed E-state index contributed by atoms with van der Waals surface area (Å²) in [5.74, 6) is 0.234. The number of thioether (sulfide) groups is 1. The van der Waals surface area contributed by atoms with Crippen LogP contribution in [0.3, 0.4) is 0 Å². The second-order valence-electron chi connectivity index (χ2n) is 7.86. The van der Waals surface area contributed by atoms with E-state index in [-0.39, 0.29) is 4.90 Å². The average molecular weight is 525 g/mol. The topological polar surface area (TPSA) is 92.3 Å². The van der Waals surface area contributed by atoms with Gasteiger partial charge in [-0.15, -0.1) is 10.2 Å². The maximum absolute atomic E-state index is 13.5. The highest BCUT2D eigenvalue weighted by Gasteiger charge is 2.27. The van der Waals surface area contributed by atoms with Crippen molar-refractivity contribution >= 4 is 49.8 Å². The Balaban J connectivity index is 1.50. The number of aryl methyl sites for hydroxylation is 2. The Morgan fingerprint density at radius 1 is 0.943 bits per heavy atom. The largest absolute Gasteiger partial charge is 0.299 e. The third-order valence-electron chi connectivity index (χ3n) is 5.04. The second-order valence-corrected chi connectivity index (χ2v) is 11.9. The molecule has 1 amide bonds. The smallest absolute Gasteiger partial charge is 0.264 e. The molecular formula is C25H24N4O3S3. The van der Waals surface area contributed by atoms with E-state index in [1.807, 2.05) is 50.2 Å². The zero-order valence-corrected chi connectivity index (χ0v) is 21.7. The first kappa shape index (κ1) is 24.9. The fourth-order valence-electron chi connectivity index (χ4n) is 3.26. The molecule has 0 aliphatic carbocycles. The Hall–Kier alpha value is -3.21. The molecule has 10 heteroatoms. The molecule has 180 valence electrons. The van der Waals surface area contributed by atoms with Crippen molar-refractivity contribution in [3.05, 3.63) is 95.6 Å². The molecular weight excluding hydrogens is 501 g/mol. The number of nitrogens with zero attached hydrogens (tertiary/aromatic N) is 3. The van der Waals surface area contributed by atoms with E-state index in [0.717, 1.165) is 26.7 Å². The van der Waals surface area contributed by atoms with Crippen molar-refractivity contribution in [1.29, 1.82) is 0 Å². The number of hydrogen-bond donors (Lipinski definition) is 1.